The number of aliphatic imine (C=N–C) groups is 1. The van der Waals surface area contributed by atoms with E-state index < -0.39 is 16.1 Å². The van der Waals surface area contributed by atoms with Gasteiger partial charge >= 0.3 is 0 Å². The normalized spacial score (nSPS) is 13.5. The number of sulfonamides is 1. The van der Waals surface area contributed by atoms with E-state index in [4.69, 9.17) is 4.74 Å². The highest BCUT2D eigenvalue weighted by molar-refractivity contribution is 7.88. The van der Waals surface area contributed by atoms with Crippen molar-refractivity contribution >= 4 is 16.0 Å². The van der Waals surface area contributed by atoms with Crippen molar-refractivity contribution < 1.29 is 18.3 Å². The first-order valence-electron chi connectivity index (χ1n) is 9.12. The van der Waals surface area contributed by atoms with E-state index >= 15 is 0 Å². The topological polar surface area (TPSA) is 112 Å². The van der Waals surface area contributed by atoms with Gasteiger partial charge in [0.15, 0.2) is 5.96 Å². The van der Waals surface area contributed by atoms with Gasteiger partial charge in [-0.05, 0) is 44.9 Å². The van der Waals surface area contributed by atoms with Crippen LogP contribution in [-0.4, -0.2) is 58.0 Å². The van der Waals surface area contributed by atoms with Crippen LogP contribution in [0.2, 0.25) is 0 Å². The van der Waals surface area contributed by atoms with Crippen molar-refractivity contribution in [2.75, 3.05) is 32.4 Å². The van der Waals surface area contributed by atoms with E-state index in [0.717, 1.165) is 17.6 Å². The van der Waals surface area contributed by atoms with Crippen LogP contribution in [0.4, 0.5) is 0 Å². The van der Waals surface area contributed by atoms with Crippen LogP contribution in [0.1, 0.15) is 38.9 Å². The molecule has 1 rings (SSSR count). The summed E-state index contributed by atoms with van der Waals surface area (Å²) in [6.45, 7) is 7.69. The fourth-order valence-electron chi connectivity index (χ4n) is 2.22. The SMILES string of the molecule is CCNC(=NCC(O)c1ccc(OC(C)C)cc1)NCCCNS(C)(=O)=O. The maximum absolute atomic E-state index is 11.0. The van der Waals surface area contributed by atoms with E-state index in [9.17, 15) is 13.5 Å². The Balaban J connectivity index is 2.50. The van der Waals surface area contributed by atoms with Gasteiger partial charge in [-0.3, -0.25) is 4.99 Å². The molecule has 1 unspecified atom stereocenters. The van der Waals surface area contributed by atoms with E-state index in [1.54, 1.807) is 0 Å². The maximum atomic E-state index is 11.0. The van der Waals surface area contributed by atoms with Gasteiger partial charge in [-0.25, -0.2) is 13.1 Å². The number of aliphatic hydroxyl groups is 1. The zero-order valence-corrected chi connectivity index (χ0v) is 17.3. The van der Waals surface area contributed by atoms with Crippen LogP contribution in [0.3, 0.4) is 0 Å². The lowest BCUT2D eigenvalue weighted by atomic mass is 10.1. The third-order valence-electron chi connectivity index (χ3n) is 3.41. The first kappa shape index (κ1) is 23.2. The van der Waals surface area contributed by atoms with Gasteiger partial charge in [0.25, 0.3) is 0 Å². The molecule has 4 N–H and O–H groups in total. The van der Waals surface area contributed by atoms with Crippen molar-refractivity contribution in [3.63, 3.8) is 0 Å². The number of ether oxygens (including phenoxy) is 1. The highest BCUT2D eigenvalue weighted by atomic mass is 32.2. The highest BCUT2D eigenvalue weighted by Gasteiger charge is 2.08. The highest BCUT2D eigenvalue weighted by Crippen LogP contribution is 2.19. The Kier molecular flexibility index (Phi) is 10.1. The monoisotopic (exact) mass is 400 g/mol. The first-order chi connectivity index (χ1) is 12.7. The van der Waals surface area contributed by atoms with Crippen molar-refractivity contribution in [1.29, 1.82) is 0 Å². The molecule has 9 heteroatoms. The number of aliphatic hydroxyl groups excluding tert-OH is 1. The van der Waals surface area contributed by atoms with Crippen LogP contribution in [0, 0.1) is 0 Å². The summed E-state index contributed by atoms with van der Waals surface area (Å²) in [5, 5.41) is 16.5. The molecule has 154 valence electrons. The fraction of sp³-hybridized carbons (Fsp3) is 0.611. The zero-order chi connectivity index (χ0) is 20.3. The molecular weight excluding hydrogens is 368 g/mol. The number of nitrogens with zero attached hydrogens (tertiary/aromatic N) is 1. The quantitative estimate of drug-likeness (QED) is 0.250. The summed E-state index contributed by atoms with van der Waals surface area (Å²) in [4.78, 5) is 4.38. The van der Waals surface area contributed by atoms with Gasteiger partial charge in [0, 0.05) is 19.6 Å². The summed E-state index contributed by atoms with van der Waals surface area (Å²) in [5.74, 6) is 1.35. The van der Waals surface area contributed by atoms with Crippen LogP contribution in [-0.2, 0) is 10.0 Å². The van der Waals surface area contributed by atoms with Gasteiger partial charge < -0.3 is 20.5 Å². The molecule has 0 saturated heterocycles. The fourth-order valence-corrected chi connectivity index (χ4v) is 2.73. The molecule has 1 aromatic carbocycles. The Labute approximate surface area is 162 Å². The summed E-state index contributed by atoms with van der Waals surface area (Å²) >= 11 is 0. The lowest BCUT2D eigenvalue weighted by molar-refractivity contribution is 0.186. The van der Waals surface area contributed by atoms with Gasteiger partial charge in [0.1, 0.15) is 5.75 Å². The van der Waals surface area contributed by atoms with Crippen molar-refractivity contribution in [1.82, 2.24) is 15.4 Å². The number of nitrogens with one attached hydrogen (secondary N) is 3. The molecule has 0 amide bonds. The molecule has 1 atom stereocenters. The van der Waals surface area contributed by atoms with Crippen LogP contribution in [0.5, 0.6) is 5.75 Å². The molecule has 0 bridgehead atoms. The van der Waals surface area contributed by atoms with Gasteiger partial charge in [-0.15, -0.1) is 0 Å². The van der Waals surface area contributed by atoms with Crippen molar-refractivity contribution in [2.24, 2.45) is 4.99 Å². The lowest BCUT2D eigenvalue weighted by Crippen LogP contribution is -2.39. The molecule has 0 aromatic heterocycles. The van der Waals surface area contributed by atoms with Crippen LogP contribution < -0.4 is 20.1 Å². The molecule has 8 nitrogen and oxygen atoms in total. The van der Waals surface area contributed by atoms with Crippen molar-refractivity contribution in [3.8, 4) is 5.75 Å². The Bertz CT molecular complexity index is 675. The molecule has 0 radical (unpaired) electrons. The second kappa shape index (κ2) is 11.8. The Hall–Kier alpha value is -1.84. The van der Waals surface area contributed by atoms with Crippen LogP contribution in [0.25, 0.3) is 0 Å². The molecule has 0 spiro atoms. The second-order valence-corrected chi connectivity index (χ2v) is 8.25. The third-order valence-corrected chi connectivity index (χ3v) is 4.14. The summed E-state index contributed by atoms with van der Waals surface area (Å²) in [6, 6.07) is 7.32. The predicted octanol–water partition coefficient (Wildman–Crippen LogP) is 1.00. The van der Waals surface area contributed by atoms with E-state index in [0.29, 0.717) is 32.0 Å². The number of hydrogen-bond donors (Lipinski definition) is 4. The molecule has 0 saturated carbocycles. The minimum absolute atomic E-state index is 0.103. The Morgan fingerprint density at radius 2 is 1.85 bits per heavy atom. The Morgan fingerprint density at radius 1 is 1.19 bits per heavy atom. The first-order valence-corrected chi connectivity index (χ1v) is 11.0. The van der Waals surface area contributed by atoms with Crippen LogP contribution >= 0.6 is 0 Å². The average molecular weight is 401 g/mol. The molecule has 0 aliphatic carbocycles. The van der Waals surface area contributed by atoms with E-state index in [1.165, 1.54) is 0 Å². The standard InChI is InChI=1S/C18H32N4O4S/c1-5-19-18(20-11-6-12-22-27(4,24)25)21-13-17(23)15-7-9-16(10-8-15)26-14(2)3/h7-10,14,17,22-23H,5-6,11-13H2,1-4H3,(H2,19,20,21). The minimum Gasteiger partial charge on any atom is -0.491 e. The van der Waals surface area contributed by atoms with Gasteiger partial charge in [-0.1, -0.05) is 12.1 Å². The average Bonchev–Trinajstić information content (AvgIpc) is 2.58. The van der Waals surface area contributed by atoms with Crippen molar-refractivity contribution in [3.05, 3.63) is 29.8 Å². The summed E-state index contributed by atoms with van der Waals surface area (Å²) < 4.78 is 30.1. The molecule has 0 aliphatic rings. The minimum atomic E-state index is -3.16. The third kappa shape index (κ3) is 10.8. The smallest absolute Gasteiger partial charge is 0.208 e. The Morgan fingerprint density at radius 3 is 2.41 bits per heavy atom. The molecule has 0 heterocycles. The number of benzene rings is 1. The molecule has 0 fully saturated rings. The van der Waals surface area contributed by atoms with Gasteiger partial charge in [0.2, 0.25) is 10.0 Å². The van der Waals surface area contributed by atoms with E-state index in [-0.39, 0.29) is 12.6 Å². The molecule has 27 heavy (non-hydrogen) atoms. The van der Waals surface area contributed by atoms with Gasteiger partial charge in [0.05, 0.1) is 25.0 Å². The van der Waals surface area contributed by atoms with Crippen LogP contribution in [0.15, 0.2) is 29.3 Å². The lowest BCUT2D eigenvalue weighted by Gasteiger charge is -2.14. The van der Waals surface area contributed by atoms with Crippen molar-refractivity contribution in [2.45, 2.75) is 39.4 Å². The van der Waals surface area contributed by atoms with E-state index in [1.807, 2.05) is 45.0 Å². The second-order valence-electron chi connectivity index (χ2n) is 6.42. The molecular formula is C18H32N4O4S. The summed E-state index contributed by atoms with van der Waals surface area (Å²) in [5.41, 5.74) is 0.767. The van der Waals surface area contributed by atoms with E-state index in [2.05, 4.69) is 20.3 Å². The predicted molar refractivity (Wildman–Crippen MR) is 109 cm³/mol. The zero-order valence-electron chi connectivity index (χ0n) is 16.5. The summed E-state index contributed by atoms with van der Waals surface area (Å²) in [7, 11) is -3.16. The number of rotatable bonds is 11. The van der Waals surface area contributed by atoms with Gasteiger partial charge in [-0.2, -0.15) is 0 Å². The molecule has 1 aromatic rings. The molecule has 0 aliphatic heterocycles. The number of guanidine groups is 1. The largest absolute Gasteiger partial charge is 0.491 e. The number of hydrogen-bond acceptors (Lipinski definition) is 5. The summed E-state index contributed by atoms with van der Waals surface area (Å²) in [6.07, 6.45) is 1.14. The maximum Gasteiger partial charge on any atom is 0.208 e.